The first kappa shape index (κ1) is 22.3. The van der Waals surface area contributed by atoms with Crippen molar-refractivity contribution in [3.8, 4) is 17.1 Å². The van der Waals surface area contributed by atoms with Crippen molar-refractivity contribution >= 4 is 23.0 Å². The van der Waals surface area contributed by atoms with Crippen LogP contribution in [0.5, 0.6) is 5.88 Å². The monoisotopic (exact) mass is 448 g/mol. The van der Waals surface area contributed by atoms with Gasteiger partial charge in [0.15, 0.2) is 0 Å². The second-order valence-electron chi connectivity index (χ2n) is 8.34. The summed E-state index contributed by atoms with van der Waals surface area (Å²) in [5.74, 6) is 0.497. The third-order valence-corrected chi connectivity index (χ3v) is 5.62. The first-order valence-corrected chi connectivity index (χ1v) is 10.9. The van der Waals surface area contributed by atoms with Crippen LogP contribution in [0.15, 0.2) is 42.6 Å². The minimum atomic E-state index is -0.992. The third-order valence-electron chi connectivity index (χ3n) is 5.62. The summed E-state index contributed by atoms with van der Waals surface area (Å²) in [7, 11) is 1.79. The molecule has 3 N–H and O–H groups in total. The van der Waals surface area contributed by atoms with Crippen LogP contribution in [0.4, 0.5) is 5.95 Å². The Morgan fingerprint density at radius 3 is 2.82 bits per heavy atom. The van der Waals surface area contributed by atoms with Crippen molar-refractivity contribution in [1.82, 2.24) is 24.3 Å². The molecule has 0 saturated heterocycles. The molecule has 4 aromatic rings. The van der Waals surface area contributed by atoms with Crippen LogP contribution in [-0.4, -0.2) is 42.0 Å². The molecule has 3 aromatic heterocycles. The Morgan fingerprint density at radius 1 is 1.24 bits per heavy atom. The first-order chi connectivity index (χ1) is 15.8. The Kier molecular flexibility index (Phi) is 6.30. The van der Waals surface area contributed by atoms with Crippen LogP contribution in [0.3, 0.4) is 0 Å². The number of anilines is 1. The number of hydrogen-bond acceptors (Lipinski definition) is 6. The molecule has 172 valence electrons. The molecule has 4 rings (SSSR count). The van der Waals surface area contributed by atoms with Gasteiger partial charge in [0.05, 0.1) is 40.7 Å². The van der Waals surface area contributed by atoms with Crippen molar-refractivity contribution < 1.29 is 14.6 Å². The lowest BCUT2D eigenvalue weighted by atomic mass is 10.1. The van der Waals surface area contributed by atoms with Gasteiger partial charge in [-0.15, -0.1) is 0 Å². The predicted octanol–water partition coefficient (Wildman–Crippen LogP) is 3.92. The molecule has 0 saturated carbocycles. The molecule has 0 aliphatic heterocycles. The quantitative estimate of drug-likeness (QED) is 0.372. The number of nitrogen functional groups attached to an aromatic ring is 1. The van der Waals surface area contributed by atoms with Gasteiger partial charge in [-0.05, 0) is 49.9 Å². The summed E-state index contributed by atoms with van der Waals surface area (Å²) >= 11 is 0. The molecule has 0 spiro atoms. The van der Waals surface area contributed by atoms with E-state index in [1.54, 1.807) is 37.0 Å². The number of benzene rings is 1. The average molecular weight is 449 g/mol. The van der Waals surface area contributed by atoms with Crippen molar-refractivity contribution in [3.63, 3.8) is 0 Å². The number of aryl methyl sites for hydroxylation is 2. The number of carboxylic acids is 1. The molecule has 0 amide bonds. The van der Waals surface area contributed by atoms with Crippen LogP contribution >= 0.6 is 0 Å². The van der Waals surface area contributed by atoms with Crippen LogP contribution in [0.25, 0.3) is 22.3 Å². The van der Waals surface area contributed by atoms with E-state index in [0.29, 0.717) is 41.3 Å². The maximum atomic E-state index is 11.4. The number of aromatic carboxylic acids is 1. The number of imidazole rings is 1. The molecule has 0 fully saturated rings. The summed E-state index contributed by atoms with van der Waals surface area (Å²) in [5, 5.41) is 13.6. The van der Waals surface area contributed by atoms with E-state index in [0.717, 1.165) is 30.4 Å². The number of aromatic nitrogens is 5. The second kappa shape index (κ2) is 9.32. The number of hydrogen-bond donors (Lipinski definition) is 2. The lowest BCUT2D eigenvalue weighted by molar-refractivity contribution is 0.0696. The number of ether oxygens (including phenoxy) is 1. The van der Waals surface area contributed by atoms with Gasteiger partial charge in [0.25, 0.3) is 0 Å². The van der Waals surface area contributed by atoms with Gasteiger partial charge in [-0.1, -0.05) is 19.1 Å². The van der Waals surface area contributed by atoms with Crippen LogP contribution in [0, 0.1) is 12.8 Å². The highest BCUT2D eigenvalue weighted by Crippen LogP contribution is 2.29. The van der Waals surface area contributed by atoms with Crippen molar-refractivity contribution in [1.29, 1.82) is 0 Å². The number of nitrogens with two attached hydrogens (primary N) is 1. The highest BCUT2D eigenvalue weighted by molar-refractivity contribution is 5.89. The lowest BCUT2D eigenvalue weighted by Crippen LogP contribution is -2.12. The highest BCUT2D eigenvalue weighted by Gasteiger charge is 2.17. The van der Waals surface area contributed by atoms with E-state index in [1.807, 2.05) is 24.3 Å². The van der Waals surface area contributed by atoms with E-state index in [1.165, 1.54) is 0 Å². The summed E-state index contributed by atoms with van der Waals surface area (Å²) in [4.78, 5) is 20.3. The molecule has 0 radical (unpaired) electrons. The van der Waals surface area contributed by atoms with Crippen LogP contribution in [0.1, 0.15) is 35.8 Å². The molecule has 1 atom stereocenters. The normalized spacial score (nSPS) is 12.2. The number of carbonyl (C=O) groups is 1. The molecule has 0 bridgehead atoms. The molecule has 0 unspecified atom stereocenters. The molecule has 0 aliphatic carbocycles. The molecule has 1 aromatic carbocycles. The van der Waals surface area contributed by atoms with E-state index in [4.69, 9.17) is 10.5 Å². The summed E-state index contributed by atoms with van der Waals surface area (Å²) in [5.41, 5.74) is 10.1. The molecular formula is C24H28N6O3. The van der Waals surface area contributed by atoms with Gasteiger partial charge in [-0.2, -0.15) is 5.10 Å². The summed E-state index contributed by atoms with van der Waals surface area (Å²) in [6.45, 7) is 5.25. The highest BCUT2D eigenvalue weighted by atomic mass is 16.5. The van der Waals surface area contributed by atoms with Crippen LogP contribution in [-0.2, 0) is 13.6 Å². The number of fused-ring (bicyclic) bond motifs is 1. The van der Waals surface area contributed by atoms with Gasteiger partial charge < -0.3 is 20.1 Å². The summed E-state index contributed by atoms with van der Waals surface area (Å²) in [6, 6.07) is 11.0. The molecule has 9 nitrogen and oxygen atoms in total. The summed E-state index contributed by atoms with van der Waals surface area (Å²) in [6.07, 6.45) is 3.45. The number of rotatable bonds is 9. The second-order valence-corrected chi connectivity index (χ2v) is 8.34. The Morgan fingerprint density at radius 2 is 2.03 bits per heavy atom. The van der Waals surface area contributed by atoms with Crippen molar-refractivity contribution in [2.45, 2.75) is 33.2 Å². The number of nitrogens with zero attached hydrogens (tertiary/aromatic N) is 5. The van der Waals surface area contributed by atoms with E-state index >= 15 is 0 Å². The van der Waals surface area contributed by atoms with Crippen molar-refractivity contribution in [2.24, 2.45) is 13.0 Å². The third kappa shape index (κ3) is 4.82. The van der Waals surface area contributed by atoms with Gasteiger partial charge in [0, 0.05) is 19.3 Å². The Balaban J connectivity index is 1.38. The Hall–Kier alpha value is -3.88. The van der Waals surface area contributed by atoms with Crippen molar-refractivity contribution in [3.05, 3.63) is 53.9 Å². The van der Waals surface area contributed by atoms with E-state index in [-0.39, 0.29) is 5.56 Å². The minimum absolute atomic E-state index is 0.187. The first-order valence-electron chi connectivity index (χ1n) is 10.9. The van der Waals surface area contributed by atoms with Gasteiger partial charge >= 0.3 is 5.97 Å². The Labute approximate surface area is 191 Å². The molecule has 3 heterocycles. The number of carboxylic acid groups (broad SMARTS) is 1. The van der Waals surface area contributed by atoms with Crippen LogP contribution < -0.4 is 10.5 Å². The van der Waals surface area contributed by atoms with Gasteiger partial charge in [-0.3, -0.25) is 4.98 Å². The standard InChI is InChI=1S/C24H28N6O3/c1-15(14-30-21-9-5-4-8-19(21)28-24(30)25)7-6-10-33-22-18(13-26-29(22)3)20-12-17(23(31)32)11-16(2)27-20/h4-5,8-9,11-13,15H,6-7,10,14H2,1-3H3,(H2,25,28)(H,31,32)/t15-/m1/s1. The predicted molar refractivity (Wildman–Crippen MR) is 126 cm³/mol. The SMILES string of the molecule is Cc1cc(C(=O)O)cc(-c2cnn(C)c2OCCC[C@@H](C)Cn2c(N)nc3ccccc32)n1. The molecular weight excluding hydrogens is 420 g/mol. The largest absolute Gasteiger partial charge is 0.478 e. The minimum Gasteiger partial charge on any atom is -0.478 e. The zero-order chi connectivity index (χ0) is 23.5. The smallest absolute Gasteiger partial charge is 0.335 e. The fourth-order valence-corrected chi connectivity index (χ4v) is 3.99. The van der Waals surface area contributed by atoms with E-state index < -0.39 is 5.97 Å². The maximum Gasteiger partial charge on any atom is 0.335 e. The van der Waals surface area contributed by atoms with Crippen LogP contribution in [0.2, 0.25) is 0 Å². The number of pyridine rings is 1. The lowest BCUT2D eigenvalue weighted by Gasteiger charge is -2.15. The Bertz CT molecular complexity index is 1290. The van der Waals surface area contributed by atoms with Crippen molar-refractivity contribution in [2.75, 3.05) is 12.3 Å². The summed E-state index contributed by atoms with van der Waals surface area (Å²) < 4.78 is 9.75. The zero-order valence-electron chi connectivity index (χ0n) is 19.0. The van der Waals surface area contributed by atoms with Gasteiger partial charge in [-0.25, -0.2) is 14.5 Å². The van der Waals surface area contributed by atoms with Gasteiger partial charge in [0.2, 0.25) is 11.8 Å². The average Bonchev–Trinajstić information content (AvgIpc) is 3.30. The fourth-order valence-electron chi connectivity index (χ4n) is 3.99. The maximum absolute atomic E-state index is 11.4. The molecule has 0 aliphatic rings. The fraction of sp³-hybridized carbons (Fsp3) is 0.333. The molecule has 33 heavy (non-hydrogen) atoms. The van der Waals surface area contributed by atoms with E-state index in [2.05, 4.69) is 26.6 Å². The van der Waals surface area contributed by atoms with Gasteiger partial charge in [0.1, 0.15) is 0 Å². The number of para-hydroxylation sites is 2. The topological polar surface area (TPSA) is 121 Å². The zero-order valence-corrected chi connectivity index (χ0v) is 19.0. The van der Waals surface area contributed by atoms with E-state index in [9.17, 15) is 9.90 Å². The molecule has 9 heteroatoms.